The van der Waals surface area contributed by atoms with Crippen LogP contribution in [0.1, 0.15) is 44.5 Å². The second-order valence-corrected chi connectivity index (χ2v) is 6.00. The number of aliphatic hydroxyl groups is 1. The maximum atomic E-state index is 10.7. The molecular weight excluding hydrogens is 212 g/mol. The van der Waals surface area contributed by atoms with E-state index in [0.717, 1.165) is 43.0 Å². The largest absolute Gasteiger partial charge is 0.389 e. The zero-order chi connectivity index (χ0) is 12.6. The monoisotopic (exact) mass is 236 g/mol. The molecule has 0 bridgehead atoms. The summed E-state index contributed by atoms with van der Waals surface area (Å²) in [6, 6.07) is 2.08. The van der Waals surface area contributed by atoms with Gasteiger partial charge in [-0.3, -0.25) is 4.68 Å². The number of aryl methyl sites for hydroxylation is 2. The molecule has 0 aliphatic heterocycles. The summed E-state index contributed by atoms with van der Waals surface area (Å²) in [5.74, 6) is 1.35. The molecule has 17 heavy (non-hydrogen) atoms. The Morgan fingerprint density at radius 1 is 1.47 bits per heavy atom. The van der Waals surface area contributed by atoms with Gasteiger partial charge in [0.15, 0.2) is 0 Å². The molecule has 3 atom stereocenters. The van der Waals surface area contributed by atoms with Gasteiger partial charge in [-0.25, -0.2) is 0 Å². The summed E-state index contributed by atoms with van der Waals surface area (Å²) < 4.78 is 1.90. The normalized spacial score (nSPS) is 33.9. The first-order valence-electron chi connectivity index (χ1n) is 6.61. The van der Waals surface area contributed by atoms with E-state index in [1.54, 1.807) is 0 Å². The molecule has 1 fully saturated rings. The van der Waals surface area contributed by atoms with Crippen LogP contribution in [0.5, 0.6) is 0 Å². The third kappa shape index (κ3) is 2.71. The quantitative estimate of drug-likeness (QED) is 0.856. The smallest absolute Gasteiger partial charge is 0.0705 e. The van der Waals surface area contributed by atoms with Gasteiger partial charge in [0.25, 0.3) is 0 Å². The molecule has 0 radical (unpaired) electrons. The summed E-state index contributed by atoms with van der Waals surface area (Å²) in [5, 5.41) is 15.1. The molecule has 1 saturated carbocycles. The minimum Gasteiger partial charge on any atom is -0.389 e. The summed E-state index contributed by atoms with van der Waals surface area (Å²) in [6.07, 6.45) is 3.71. The SMILES string of the molecule is Cc1cc(CC2(O)CCC(C)C(C)C2)n(C)n1. The van der Waals surface area contributed by atoms with Crippen LogP contribution in [-0.4, -0.2) is 20.5 Å². The van der Waals surface area contributed by atoms with Crippen molar-refractivity contribution in [2.45, 2.75) is 52.1 Å². The Kier molecular flexibility index (Phi) is 3.30. The average molecular weight is 236 g/mol. The van der Waals surface area contributed by atoms with E-state index < -0.39 is 5.60 Å². The molecule has 1 heterocycles. The van der Waals surface area contributed by atoms with Crippen LogP contribution in [0.4, 0.5) is 0 Å². The van der Waals surface area contributed by atoms with Gasteiger partial charge in [0.05, 0.1) is 11.3 Å². The first kappa shape index (κ1) is 12.6. The highest BCUT2D eigenvalue weighted by Gasteiger charge is 2.36. The van der Waals surface area contributed by atoms with Crippen molar-refractivity contribution < 1.29 is 5.11 Å². The standard InChI is InChI=1S/C14H24N2O/c1-10-5-6-14(17,8-11(10)2)9-13-7-12(3)15-16(13)4/h7,10-11,17H,5-6,8-9H2,1-4H3. The molecule has 3 unspecified atom stereocenters. The van der Waals surface area contributed by atoms with Gasteiger partial charge < -0.3 is 5.11 Å². The molecule has 1 aromatic rings. The van der Waals surface area contributed by atoms with Crippen molar-refractivity contribution in [2.75, 3.05) is 0 Å². The van der Waals surface area contributed by atoms with E-state index in [2.05, 4.69) is 25.0 Å². The van der Waals surface area contributed by atoms with Crippen molar-refractivity contribution >= 4 is 0 Å². The third-order valence-electron chi connectivity index (χ3n) is 4.35. The fourth-order valence-corrected chi connectivity index (χ4v) is 3.01. The van der Waals surface area contributed by atoms with E-state index in [1.165, 1.54) is 0 Å². The highest BCUT2D eigenvalue weighted by molar-refractivity contribution is 5.12. The van der Waals surface area contributed by atoms with Crippen molar-refractivity contribution in [2.24, 2.45) is 18.9 Å². The maximum Gasteiger partial charge on any atom is 0.0705 e. The van der Waals surface area contributed by atoms with Crippen molar-refractivity contribution in [3.63, 3.8) is 0 Å². The second-order valence-electron chi connectivity index (χ2n) is 6.00. The van der Waals surface area contributed by atoms with Crippen LogP contribution < -0.4 is 0 Å². The van der Waals surface area contributed by atoms with Crippen LogP contribution in [-0.2, 0) is 13.5 Å². The molecule has 1 N–H and O–H groups in total. The lowest BCUT2D eigenvalue weighted by atomic mass is 9.71. The van der Waals surface area contributed by atoms with Crippen molar-refractivity contribution in [3.8, 4) is 0 Å². The maximum absolute atomic E-state index is 10.7. The lowest BCUT2D eigenvalue weighted by molar-refractivity contribution is -0.0292. The predicted molar refractivity (Wildman–Crippen MR) is 68.8 cm³/mol. The van der Waals surface area contributed by atoms with Crippen molar-refractivity contribution in [1.29, 1.82) is 0 Å². The molecule has 1 aliphatic carbocycles. The van der Waals surface area contributed by atoms with Crippen LogP contribution in [0.3, 0.4) is 0 Å². The third-order valence-corrected chi connectivity index (χ3v) is 4.35. The van der Waals surface area contributed by atoms with E-state index in [4.69, 9.17) is 0 Å². The van der Waals surface area contributed by atoms with Gasteiger partial charge in [-0.1, -0.05) is 13.8 Å². The highest BCUT2D eigenvalue weighted by Crippen LogP contribution is 2.38. The summed E-state index contributed by atoms with van der Waals surface area (Å²) in [6.45, 7) is 6.54. The number of aromatic nitrogens is 2. The predicted octanol–water partition coefficient (Wildman–Crippen LogP) is 2.46. The topological polar surface area (TPSA) is 38.0 Å². The molecule has 96 valence electrons. The van der Waals surface area contributed by atoms with Crippen LogP contribution in [0.15, 0.2) is 6.07 Å². The zero-order valence-electron chi connectivity index (χ0n) is 11.4. The molecule has 0 aromatic carbocycles. The molecule has 3 heteroatoms. The van der Waals surface area contributed by atoms with E-state index in [1.807, 2.05) is 18.7 Å². The van der Waals surface area contributed by atoms with Crippen LogP contribution >= 0.6 is 0 Å². The highest BCUT2D eigenvalue weighted by atomic mass is 16.3. The molecule has 1 aromatic heterocycles. The summed E-state index contributed by atoms with van der Waals surface area (Å²) >= 11 is 0. The van der Waals surface area contributed by atoms with Gasteiger partial charge in [0.2, 0.25) is 0 Å². The fourth-order valence-electron chi connectivity index (χ4n) is 3.01. The summed E-state index contributed by atoms with van der Waals surface area (Å²) in [5.41, 5.74) is 1.65. The van der Waals surface area contributed by atoms with E-state index in [-0.39, 0.29) is 0 Å². The molecule has 0 saturated heterocycles. The first-order chi connectivity index (χ1) is 7.89. The van der Waals surface area contributed by atoms with Gasteiger partial charge in [-0.15, -0.1) is 0 Å². The molecule has 0 amide bonds. The number of hydrogen-bond donors (Lipinski definition) is 1. The Balaban J connectivity index is 2.10. The Hall–Kier alpha value is -0.830. The Labute approximate surface area is 104 Å². The van der Waals surface area contributed by atoms with Gasteiger partial charge >= 0.3 is 0 Å². The number of hydrogen-bond acceptors (Lipinski definition) is 2. The van der Waals surface area contributed by atoms with E-state index in [9.17, 15) is 5.11 Å². The Morgan fingerprint density at radius 3 is 2.71 bits per heavy atom. The van der Waals surface area contributed by atoms with Gasteiger partial charge in [-0.2, -0.15) is 5.10 Å². The number of nitrogens with zero attached hydrogens (tertiary/aromatic N) is 2. The molecule has 1 aliphatic rings. The van der Waals surface area contributed by atoms with Crippen LogP contribution in [0.2, 0.25) is 0 Å². The van der Waals surface area contributed by atoms with Gasteiger partial charge in [0, 0.05) is 19.2 Å². The first-order valence-corrected chi connectivity index (χ1v) is 6.61. The molecule has 3 nitrogen and oxygen atoms in total. The van der Waals surface area contributed by atoms with E-state index in [0.29, 0.717) is 5.92 Å². The minimum absolute atomic E-state index is 0.522. The fraction of sp³-hybridized carbons (Fsp3) is 0.786. The molecule has 0 spiro atoms. The Bertz CT molecular complexity index is 399. The summed E-state index contributed by atoms with van der Waals surface area (Å²) in [4.78, 5) is 0. The lowest BCUT2D eigenvalue weighted by Gasteiger charge is -2.39. The lowest BCUT2D eigenvalue weighted by Crippen LogP contribution is -2.40. The zero-order valence-corrected chi connectivity index (χ0v) is 11.4. The molecule has 2 rings (SSSR count). The van der Waals surface area contributed by atoms with Gasteiger partial charge in [0.1, 0.15) is 0 Å². The average Bonchev–Trinajstić information content (AvgIpc) is 2.52. The van der Waals surface area contributed by atoms with Crippen LogP contribution in [0, 0.1) is 18.8 Å². The van der Waals surface area contributed by atoms with E-state index >= 15 is 0 Å². The summed E-state index contributed by atoms with van der Waals surface area (Å²) in [7, 11) is 1.96. The second kappa shape index (κ2) is 4.45. The number of rotatable bonds is 2. The Morgan fingerprint density at radius 2 is 2.18 bits per heavy atom. The van der Waals surface area contributed by atoms with Crippen molar-refractivity contribution in [1.82, 2.24) is 9.78 Å². The molecular formula is C14H24N2O. The minimum atomic E-state index is -0.522. The van der Waals surface area contributed by atoms with Crippen molar-refractivity contribution in [3.05, 3.63) is 17.5 Å². The van der Waals surface area contributed by atoms with Crippen LogP contribution in [0.25, 0.3) is 0 Å². The van der Waals surface area contributed by atoms with Gasteiger partial charge in [-0.05, 0) is 44.1 Å².